The number of aliphatic hydroxyl groups excluding tert-OH is 1. The van der Waals surface area contributed by atoms with Crippen molar-refractivity contribution in [3.8, 4) is 0 Å². The van der Waals surface area contributed by atoms with Gasteiger partial charge in [0.05, 0.1) is 19.0 Å². The molecule has 0 unspecified atom stereocenters. The molecule has 0 radical (unpaired) electrons. The zero-order chi connectivity index (χ0) is 20.9. The van der Waals surface area contributed by atoms with Crippen LogP contribution >= 0.6 is 0 Å². The summed E-state index contributed by atoms with van der Waals surface area (Å²) in [5.41, 5.74) is 10.9. The number of aromatic nitrogens is 4. The number of aldehydes is 1. The third-order valence-corrected chi connectivity index (χ3v) is 10.3. The van der Waals surface area contributed by atoms with E-state index in [1.165, 1.54) is 6.33 Å². The normalized spacial score (nSPS) is 26.1. The van der Waals surface area contributed by atoms with Crippen LogP contribution in [0.2, 0.25) is 18.1 Å². The van der Waals surface area contributed by atoms with Gasteiger partial charge in [-0.1, -0.05) is 20.8 Å². The second-order valence-electron chi connectivity index (χ2n) is 8.70. The minimum absolute atomic E-state index is 0.0163. The Morgan fingerprint density at radius 2 is 2.11 bits per heavy atom. The van der Waals surface area contributed by atoms with Crippen molar-refractivity contribution in [2.75, 3.05) is 18.1 Å². The van der Waals surface area contributed by atoms with E-state index in [-0.39, 0.29) is 16.8 Å². The second kappa shape index (κ2) is 6.76. The zero-order valence-corrected chi connectivity index (χ0v) is 17.8. The van der Waals surface area contributed by atoms with Gasteiger partial charge >= 0.3 is 0 Å². The number of hydrogen-bond acceptors (Lipinski definition) is 9. The molecule has 5 N–H and O–H groups in total. The van der Waals surface area contributed by atoms with E-state index < -0.39 is 32.9 Å². The number of nitrogens with zero attached hydrogens (tertiary/aromatic N) is 4. The first-order valence-electron chi connectivity index (χ1n) is 9.12. The lowest BCUT2D eigenvalue weighted by molar-refractivity contribution is -0.150. The Morgan fingerprint density at radius 1 is 1.43 bits per heavy atom. The van der Waals surface area contributed by atoms with Crippen molar-refractivity contribution in [3.63, 3.8) is 0 Å². The molecular weight excluding hydrogens is 380 g/mol. The van der Waals surface area contributed by atoms with Gasteiger partial charge in [-0.3, -0.25) is 9.36 Å². The first-order chi connectivity index (χ1) is 12.9. The van der Waals surface area contributed by atoms with Gasteiger partial charge in [-0.15, -0.1) is 0 Å². The Hall–Kier alpha value is -2.08. The summed E-state index contributed by atoms with van der Waals surface area (Å²) in [5, 5.41) is 9.93. The fraction of sp³-hybridized carbons (Fsp3) is 0.647. The molecule has 3 rings (SSSR count). The van der Waals surface area contributed by atoms with E-state index in [1.54, 1.807) is 4.57 Å². The summed E-state index contributed by atoms with van der Waals surface area (Å²) in [6.07, 6.45) is 1.27. The molecule has 2 aromatic rings. The molecule has 2 aromatic heterocycles. The Labute approximate surface area is 164 Å². The largest absolute Gasteiger partial charge is 0.410 e. The predicted octanol–water partition coefficient (Wildman–Crippen LogP) is 1.23. The maximum absolute atomic E-state index is 12.0. The summed E-state index contributed by atoms with van der Waals surface area (Å²) in [7, 11) is -2.22. The van der Waals surface area contributed by atoms with E-state index >= 15 is 0 Å². The van der Waals surface area contributed by atoms with Crippen molar-refractivity contribution < 1.29 is 19.1 Å². The number of nitrogen functional groups attached to an aromatic ring is 2. The SMILES string of the molecule is CC(C)(C)[Si](C)(C)O[C@H]1C[C@@H](n2cnc3c(N)nc(N)nc32)O[C@]1(C=O)CO. The molecule has 0 amide bonds. The molecule has 0 aromatic carbocycles. The molecule has 0 bridgehead atoms. The minimum atomic E-state index is -2.22. The standard InChI is InChI=1S/C17H28N6O4Si/c1-16(2,3)28(4,5)27-10-6-11(26-17(10,7-24)8-25)23-9-20-12-13(18)21-15(19)22-14(12)23/h7,9-11,25H,6,8H2,1-5H3,(H4,18,19,21,22)/t10-,11-,17+/m0/s1. The zero-order valence-electron chi connectivity index (χ0n) is 16.8. The van der Waals surface area contributed by atoms with Crippen molar-refractivity contribution >= 4 is 37.5 Å². The quantitative estimate of drug-likeness (QED) is 0.490. The van der Waals surface area contributed by atoms with E-state index in [0.717, 1.165) is 0 Å². The minimum Gasteiger partial charge on any atom is -0.410 e. The molecule has 0 spiro atoms. The lowest BCUT2D eigenvalue weighted by atomic mass is 10.00. The highest BCUT2D eigenvalue weighted by Crippen LogP contribution is 2.44. The molecule has 1 aliphatic rings. The molecule has 0 saturated carbocycles. The van der Waals surface area contributed by atoms with Gasteiger partial charge in [-0.2, -0.15) is 9.97 Å². The van der Waals surface area contributed by atoms with Crippen LogP contribution in [0.25, 0.3) is 11.2 Å². The number of aliphatic hydroxyl groups is 1. The highest BCUT2D eigenvalue weighted by molar-refractivity contribution is 6.74. The van der Waals surface area contributed by atoms with Crippen molar-refractivity contribution in [1.29, 1.82) is 0 Å². The fourth-order valence-corrected chi connectivity index (χ4v) is 4.42. The van der Waals surface area contributed by atoms with Crippen molar-refractivity contribution in [2.45, 2.75) is 63.3 Å². The molecule has 154 valence electrons. The van der Waals surface area contributed by atoms with Crippen LogP contribution in [0.4, 0.5) is 11.8 Å². The Bertz CT molecular complexity index is 896. The smallest absolute Gasteiger partial charge is 0.224 e. The van der Waals surface area contributed by atoms with Crippen molar-refractivity contribution in [2.24, 2.45) is 0 Å². The topological polar surface area (TPSA) is 151 Å². The summed E-state index contributed by atoms with van der Waals surface area (Å²) >= 11 is 0. The second-order valence-corrected chi connectivity index (χ2v) is 13.5. The van der Waals surface area contributed by atoms with Crippen LogP contribution < -0.4 is 11.5 Å². The van der Waals surface area contributed by atoms with E-state index in [2.05, 4.69) is 48.8 Å². The van der Waals surface area contributed by atoms with Gasteiger partial charge in [-0.25, -0.2) is 4.98 Å². The van der Waals surface area contributed by atoms with Crippen LogP contribution in [0.5, 0.6) is 0 Å². The summed E-state index contributed by atoms with van der Waals surface area (Å²) in [6.45, 7) is 10.0. The van der Waals surface area contributed by atoms with Crippen molar-refractivity contribution in [1.82, 2.24) is 19.5 Å². The number of carbonyl (C=O) groups excluding carboxylic acids is 1. The molecule has 11 heteroatoms. The van der Waals surface area contributed by atoms with Gasteiger partial charge < -0.3 is 25.7 Å². The van der Waals surface area contributed by atoms with Gasteiger partial charge in [0, 0.05) is 6.42 Å². The molecule has 3 heterocycles. The molecule has 1 saturated heterocycles. The third-order valence-electron chi connectivity index (χ3n) is 5.78. The number of hydrogen-bond donors (Lipinski definition) is 3. The number of ether oxygens (including phenoxy) is 1. The van der Waals surface area contributed by atoms with Gasteiger partial charge in [0.2, 0.25) is 5.95 Å². The van der Waals surface area contributed by atoms with Crippen LogP contribution in [0.15, 0.2) is 6.33 Å². The summed E-state index contributed by atoms with van der Waals surface area (Å²) < 4.78 is 14.1. The average molecular weight is 409 g/mol. The lowest BCUT2D eigenvalue weighted by Crippen LogP contribution is -2.53. The van der Waals surface area contributed by atoms with Gasteiger partial charge in [-0.05, 0) is 18.1 Å². The van der Waals surface area contributed by atoms with E-state index in [9.17, 15) is 9.90 Å². The van der Waals surface area contributed by atoms with Crippen LogP contribution in [0.1, 0.15) is 33.4 Å². The van der Waals surface area contributed by atoms with Gasteiger partial charge in [0.15, 0.2) is 31.7 Å². The summed E-state index contributed by atoms with van der Waals surface area (Å²) in [4.78, 5) is 24.3. The molecule has 10 nitrogen and oxygen atoms in total. The number of imidazole rings is 1. The van der Waals surface area contributed by atoms with Crippen LogP contribution in [0.3, 0.4) is 0 Å². The summed E-state index contributed by atoms with van der Waals surface area (Å²) in [5.74, 6) is 0.180. The number of anilines is 2. The van der Waals surface area contributed by atoms with Crippen LogP contribution in [-0.2, 0) is 14.0 Å². The monoisotopic (exact) mass is 408 g/mol. The van der Waals surface area contributed by atoms with Crippen LogP contribution in [-0.4, -0.2) is 57.5 Å². The molecule has 3 atom stereocenters. The van der Waals surface area contributed by atoms with Crippen LogP contribution in [0, 0.1) is 0 Å². The van der Waals surface area contributed by atoms with E-state index in [0.29, 0.717) is 23.9 Å². The number of carbonyl (C=O) groups is 1. The maximum atomic E-state index is 12.0. The fourth-order valence-electron chi connectivity index (χ4n) is 3.06. The first-order valence-corrected chi connectivity index (χ1v) is 12.0. The van der Waals surface area contributed by atoms with Gasteiger partial charge in [0.25, 0.3) is 0 Å². The molecule has 1 fully saturated rings. The Balaban J connectivity index is 1.99. The first kappa shape index (κ1) is 20.6. The highest BCUT2D eigenvalue weighted by Gasteiger charge is 2.53. The number of fused-ring (bicyclic) bond motifs is 1. The molecule has 28 heavy (non-hydrogen) atoms. The Morgan fingerprint density at radius 3 is 2.68 bits per heavy atom. The Kier molecular flexibility index (Phi) is 4.98. The number of nitrogens with two attached hydrogens (primary N) is 2. The molecule has 1 aliphatic heterocycles. The van der Waals surface area contributed by atoms with E-state index in [1.807, 2.05) is 0 Å². The van der Waals surface area contributed by atoms with Gasteiger partial charge in [0.1, 0.15) is 11.7 Å². The lowest BCUT2D eigenvalue weighted by Gasteiger charge is -2.40. The summed E-state index contributed by atoms with van der Waals surface area (Å²) in [6, 6.07) is 0. The maximum Gasteiger partial charge on any atom is 0.224 e. The third kappa shape index (κ3) is 3.28. The van der Waals surface area contributed by atoms with E-state index in [4.69, 9.17) is 20.6 Å². The predicted molar refractivity (Wildman–Crippen MR) is 107 cm³/mol. The number of rotatable bonds is 5. The highest BCUT2D eigenvalue weighted by atomic mass is 28.4. The molecular formula is C17H28N6O4Si. The molecule has 0 aliphatic carbocycles. The van der Waals surface area contributed by atoms with Crippen molar-refractivity contribution in [3.05, 3.63) is 6.33 Å². The average Bonchev–Trinajstić information content (AvgIpc) is 3.15.